The Kier molecular flexibility index (Phi) is 7.36. The van der Waals surface area contributed by atoms with Crippen LogP contribution in [-0.4, -0.2) is 50.8 Å². The van der Waals surface area contributed by atoms with Crippen molar-refractivity contribution < 1.29 is 14.3 Å². The highest BCUT2D eigenvalue weighted by molar-refractivity contribution is 7.10. The average molecular weight is 390 g/mol. The van der Waals surface area contributed by atoms with Crippen molar-refractivity contribution >= 4 is 17.4 Å². The number of ether oxygens (including phenoxy) is 2. The van der Waals surface area contributed by atoms with Crippen LogP contribution in [0.25, 0.3) is 0 Å². The van der Waals surface area contributed by atoms with Crippen molar-refractivity contribution in [2.75, 3.05) is 39.9 Å². The molecule has 1 saturated heterocycles. The highest BCUT2D eigenvalue weighted by Crippen LogP contribution is 2.27. The zero-order chi connectivity index (χ0) is 18.9. The van der Waals surface area contributed by atoms with Gasteiger partial charge in [0.25, 0.3) is 0 Å². The predicted molar refractivity (Wildman–Crippen MR) is 108 cm³/mol. The lowest BCUT2D eigenvalue weighted by Crippen LogP contribution is -2.42. The minimum atomic E-state index is -0.158. The van der Waals surface area contributed by atoms with Gasteiger partial charge >= 0.3 is 6.03 Å². The van der Waals surface area contributed by atoms with Gasteiger partial charge < -0.3 is 20.1 Å². The van der Waals surface area contributed by atoms with Gasteiger partial charge in [-0.05, 0) is 61.6 Å². The van der Waals surface area contributed by atoms with Crippen LogP contribution in [0.4, 0.5) is 4.79 Å². The number of rotatable bonds is 9. The first-order valence-corrected chi connectivity index (χ1v) is 10.2. The van der Waals surface area contributed by atoms with Gasteiger partial charge in [0.05, 0.1) is 19.7 Å². The van der Waals surface area contributed by atoms with Gasteiger partial charge in [0, 0.05) is 11.4 Å². The fourth-order valence-corrected chi connectivity index (χ4v) is 4.06. The molecule has 1 fully saturated rings. The zero-order valence-corrected chi connectivity index (χ0v) is 16.5. The van der Waals surface area contributed by atoms with E-state index in [1.165, 1.54) is 17.7 Å². The molecule has 6 nitrogen and oxygen atoms in total. The summed E-state index contributed by atoms with van der Waals surface area (Å²) in [4.78, 5) is 15.9. The van der Waals surface area contributed by atoms with Gasteiger partial charge in [-0.25, -0.2) is 4.79 Å². The molecule has 1 aromatic carbocycles. The second kappa shape index (κ2) is 10.2. The molecule has 146 valence electrons. The number of nitrogens with zero attached hydrogens (tertiary/aromatic N) is 1. The first-order chi connectivity index (χ1) is 13.3. The van der Waals surface area contributed by atoms with Gasteiger partial charge in [0.15, 0.2) is 0 Å². The summed E-state index contributed by atoms with van der Waals surface area (Å²) in [6.07, 6.45) is 2.47. The highest BCUT2D eigenvalue weighted by atomic mass is 32.1. The molecule has 2 amide bonds. The molecule has 1 unspecified atom stereocenters. The Morgan fingerprint density at radius 1 is 1.15 bits per heavy atom. The summed E-state index contributed by atoms with van der Waals surface area (Å²) in [7, 11) is 1.63. The topological polar surface area (TPSA) is 62.8 Å². The summed E-state index contributed by atoms with van der Waals surface area (Å²) >= 11 is 1.75. The number of amides is 2. The molecule has 0 radical (unpaired) electrons. The summed E-state index contributed by atoms with van der Waals surface area (Å²) in [5, 5.41) is 7.95. The second-order valence-corrected chi connectivity index (χ2v) is 7.41. The van der Waals surface area contributed by atoms with Gasteiger partial charge in [-0.2, -0.15) is 0 Å². The molecule has 2 heterocycles. The molecule has 1 aliphatic rings. The molecule has 27 heavy (non-hydrogen) atoms. The quantitative estimate of drug-likeness (QED) is 0.646. The van der Waals surface area contributed by atoms with Gasteiger partial charge in [-0.1, -0.05) is 6.07 Å². The number of thiophene rings is 1. The maximum atomic E-state index is 12.1. The minimum Gasteiger partial charge on any atom is -0.497 e. The molecule has 2 aromatic rings. The van der Waals surface area contributed by atoms with Gasteiger partial charge in [0.1, 0.15) is 18.1 Å². The van der Waals surface area contributed by atoms with E-state index < -0.39 is 0 Å². The lowest BCUT2D eigenvalue weighted by molar-refractivity contribution is 0.220. The van der Waals surface area contributed by atoms with E-state index in [4.69, 9.17) is 9.47 Å². The summed E-state index contributed by atoms with van der Waals surface area (Å²) in [5.41, 5.74) is 0. The molecule has 7 heteroatoms. The number of carbonyl (C=O) groups is 1. The number of methoxy groups -OCH3 is 1. The lowest BCUT2D eigenvalue weighted by Gasteiger charge is -2.26. The van der Waals surface area contributed by atoms with Crippen LogP contribution in [0.5, 0.6) is 11.5 Å². The molecular formula is C20H27N3O3S. The lowest BCUT2D eigenvalue weighted by atomic mass is 10.2. The van der Waals surface area contributed by atoms with Crippen molar-refractivity contribution in [3.8, 4) is 11.5 Å². The Bertz CT molecular complexity index is 685. The summed E-state index contributed by atoms with van der Waals surface area (Å²) in [6, 6.07) is 11.7. The Morgan fingerprint density at radius 3 is 2.56 bits per heavy atom. The maximum absolute atomic E-state index is 12.1. The van der Waals surface area contributed by atoms with E-state index in [0.29, 0.717) is 19.7 Å². The van der Waals surface area contributed by atoms with Crippen molar-refractivity contribution in [1.29, 1.82) is 0 Å². The fraction of sp³-hybridized carbons (Fsp3) is 0.450. The van der Waals surface area contributed by atoms with E-state index in [2.05, 4.69) is 33.0 Å². The minimum absolute atomic E-state index is 0.158. The van der Waals surface area contributed by atoms with Crippen molar-refractivity contribution in [2.24, 2.45) is 0 Å². The number of urea groups is 1. The summed E-state index contributed by atoms with van der Waals surface area (Å²) in [6.45, 7) is 3.68. The third kappa shape index (κ3) is 5.87. The van der Waals surface area contributed by atoms with Crippen molar-refractivity contribution in [3.63, 3.8) is 0 Å². The Morgan fingerprint density at radius 2 is 1.89 bits per heavy atom. The van der Waals surface area contributed by atoms with Crippen LogP contribution >= 0.6 is 11.3 Å². The first kappa shape index (κ1) is 19.5. The second-order valence-electron chi connectivity index (χ2n) is 6.44. The summed E-state index contributed by atoms with van der Waals surface area (Å²) in [5.74, 6) is 1.54. The van der Waals surface area contributed by atoms with E-state index in [1.807, 2.05) is 24.3 Å². The maximum Gasteiger partial charge on any atom is 0.314 e. The summed E-state index contributed by atoms with van der Waals surface area (Å²) < 4.78 is 10.7. The Labute approximate surface area is 164 Å². The van der Waals surface area contributed by atoms with Crippen LogP contribution in [0, 0.1) is 0 Å². The molecule has 2 N–H and O–H groups in total. The molecule has 0 saturated carbocycles. The monoisotopic (exact) mass is 389 g/mol. The van der Waals surface area contributed by atoms with Gasteiger partial charge in [-0.15, -0.1) is 11.3 Å². The van der Waals surface area contributed by atoms with E-state index >= 15 is 0 Å². The van der Waals surface area contributed by atoms with Gasteiger partial charge in [-0.3, -0.25) is 4.90 Å². The predicted octanol–water partition coefficient (Wildman–Crippen LogP) is 3.27. The highest BCUT2D eigenvalue weighted by Gasteiger charge is 2.24. The van der Waals surface area contributed by atoms with Crippen molar-refractivity contribution in [1.82, 2.24) is 15.5 Å². The number of likely N-dealkylation sites (tertiary alicyclic amines) is 1. The molecule has 0 bridgehead atoms. The van der Waals surface area contributed by atoms with Crippen LogP contribution in [0.1, 0.15) is 23.8 Å². The van der Waals surface area contributed by atoms with Crippen molar-refractivity contribution in [2.45, 2.75) is 18.9 Å². The Balaban J connectivity index is 1.37. The van der Waals surface area contributed by atoms with Crippen LogP contribution in [0.3, 0.4) is 0 Å². The molecule has 1 aliphatic heterocycles. The normalized spacial score (nSPS) is 15.3. The van der Waals surface area contributed by atoms with Crippen LogP contribution in [-0.2, 0) is 0 Å². The molecule has 0 spiro atoms. The largest absolute Gasteiger partial charge is 0.497 e. The number of benzene rings is 1. The third-order valence-corrected chi connectivity index (χ3v) is 5.60. The molecule has 3 rings (SSSR count). The molecule has 1 atom stereocenters. The first-order valence-electron chi connectivity index (χ1n) is 9.32. The molecule has 0 aliphatic carbocycles. The van der Waals surface area contributed by atoms with Crippen LogP contribution < -0.4 is 20.1 Å². The number of hydrogen-bond donors (Lipinski definition) is 2. The zero-order valence-electron chi connectivity index (χ0n) is 15.6. The van der Waals surface area contributed by atoms with Gasteiger partial charge in [0.2, 0.25) is 0 Å². The smallest absolute Gasteiger partial charge is 0.314 e. The van der Waals surface area contributed by atoms with Crippen LogP contribution in [0.2, 0.25) is 0 Å². The average Bonchev–Trinajstić information content (AvgIpc) is 3.41. The standard InChI is InChI=1S/C20H27N3O3S/c1-25-16-6-8-17(9-7-16)26-13-10-21-20(24)22-15-18(19-5-4-14-27-19)23-11-2-3-12-23/h4-9,14,18H,2-3,10-13,15H2,1H3,(H2,21,22,24). The number of nitrogens with one attached hydrogen (secondary N) is 2. The van der Waals surface area contributed by atoms with Crippen LogP contribution in [0.15, 0.2) is 41.8 Å². The van der Waals surface area contributed by atoms with E-state index in [9.17, 15) is 4.79 Å². The molecular weight excluding hydrogens is 362 g/mol. The fourth-order valence-electron chi connectivity index (χ4n) is 3.20. The van der Waals surface area contributed by atoms with E-state index in [-0.39, 0.29) is 12.1 Å². The van der Waals surface area contributed by atoms with Crippen molar-refractivity contribution in [3.05, 3.63) is 46.7 Å². The third-order valence-electron chi connectivity index (χ3n) is 4.62. The van der Waals surface area contributed by atoms with E-state index in [1.54, 1.807) is 18.4 Å². The Hall–Kier alpha value is -2.25. The van der Waals surface area contributed by atoms with E-state index in [0.717, 1.165) is 24.6 Å². The SMILES string of the molecule is COc1ccc(OCCNC(=O)NCC(c2cccs2)N2CCCC2)cc1. The number of hydrogen-bond acceptors (Lipinski definition) is 5. The molecule has 1 aromatic heterocycles. The number of carbonyl (C=O) groups excluding carboxylic acids is 1.